The van der Waals surface area contributed by atoms with E-state index >= 15 is 0 Å². The molecule has 0 aromatic carbocycles. The van der Waals surface area contributed by atoms with Crippen molar-refractivity contribution >= 4 is 23.3 Å². The second kappa shape index (κ2) is 9.41. The molecule has 0 fully saturated rings. The van der Waals surface area contributed by atoms with Crippen LogP contribution in [0.1, 0.15) is 22.2 Å². The van der Waals surface area contributed by atoms with E-state index in [9.17, 15) is 29.8 Å². The summed E-state index contributed by atoms with van der Waals surface area (Å²) < 4.78 is 7.28. The number of nitrogens with one attached hydrogen (secondary N) is 2. The van der Waals surface area contributed by atoms with E-state index in [0.717, 1.165) is 17.1 Å². The van der Waals surface area contributed by atoms with Crippen LogP contribution in [0.4, 0.5) is 11.5 Å². The average molecular weight is 448 g/mol. The summed E-state index contributed by atoms with van der Waals surface area (Å²) in [5.74, 6) is -1.69. The Morgan fingerprint density at radius 1 is 1.19 bits per heavy atom. The third-order valence-corrected chi connectivity index (χ3v) is 3.98. The highest BCUT2D eigenvalue weighted by atomic mass is 16.6. The lowest BCUT2D eigenvalue weighted by atomic mass is 10.4. The van der Waals surface area contributed by atoms with Crippen molar-refractivity contribution in [2.75, 3.05) is 13.1 Å². The highest BCUT2D eigenvalue weighted by Gasteiger charge is 2.20. The number of carbonyl (C=O) groups excluding carboxylic acids is 2. The molecule has 2 amide bonds. The minimum atomic E-state index is -0.677. The fourth-order valence-corrected chi connectivity index (χ4v) is 2.48. The molecule has 0 radical (unpaired) electrons. The van der Waals surface area contributed by atoms with Crippen molar-refractivity contribution in [2.24, 2.45) is 0 Å². The van der Waals surface area contributed by atoms with Gasteiger partial charge in [0.05, 0.1) is 21.8 Å². The van der Waals surface area contributed by atoms with Crippen LogP contribution in [0.3, 0.4) is 0 Å². The Kier molecular flexibility index (Phi) is 6.47. The van der Waals surface area contributed by atoms with Crippen molar-refractivity contribution in [2.45, 2.75) is 20.0 Å². The first kappa shape index (κ1) is 22.0. The number of hydrogen-bond acceptors (Lipinski definition) is 11. The number of rotatable bonds is 10. The van der Waals surface area contributed by atoms with Gasteiger partial charge in [-0.2, -0.15) is 14.8 Å². The molecular weight excluding hydrogens is 432 g/mol. The molecule has 0 atom stereocenters. The summed E-state index contributed by atoms with van der Waals surface area (Å²) in [5.41, 5.74) is 0.276. The summed E-state index contributed by atoms with van der Waals surface area (Å²) in [6.07, 6.45) is 2.15. The molecular formula is C15H16N10O7. The third kappa shape index (κ3) is 5.46. The minimum Gasteiger partial charge on any atom is -0.358 e. The van der Waals surface area contributed by atoms with E-state index in [2.05, 4.69) is 31.0 Å². The van der Waals surface area contributed by atoms with Gasteiger partial charge < -0.3 is 25.3 Å². The highest BCUT2D eigenvalue weighted by molar-refractivity contribution is 5.89. The largest absolute Gasteiger partial charge is 0.390 e. The van der Waals surface area contributed by atoms with Gasteiger partial charge in [0, 0.05) is 13.1 Å². The van der Waals surface area contributed by atoms with Crippen LogP contribution in [0.15, 0.2) is 23.0 Å². The van der Waals surface area contributed by atoms with Crippen LogP contribution in [0.25, 0.3) is 0 Å². The number of carbonyl (C=O) groups is 2. The molecule has 0 saturated heterocycles. The van der Waals surface area contributed by atoms with Crippen molar-refractivity contribution in [1.82, 2.24) is 40.3 Å². The molecule has 0 aliphatic heterocycles. The van der Waals surface area contributed by atoms with E-state index in [1.807, 2.05) is 0 Å². The van der Waals surface area contributed by atoms with E-state index in [0.29, 0.717) is 5.69 Å². The van der Waals surface area contributed by atoms with Crippen LogP contribution in [0, 0.1) is 27.2 Å². The van der Waals surface area contributed by atoms with Gasteiger partial charge in [-0.15, -0.1) is 0 Å². The number of nitro groups is 2. The predicted octanol–water partition coefficient (Wildman–Crippen LogP) is -0.818. The van der Waals surface area contributed by atoms with Crippen molar-refractivity contribution in [3.63, 3.8) is 0 Å². The van der Waals surface area contributed by atoms with Gasteiger partial charge in [-0.1, -0.05) is 5.16 Å². The Labute approximate surface area is 177 Å². The van der Waals surface area contributed by atoms with Gasteiger partial charge in [-0.05, 0) is 11.8 Å². The molecule has 3 aromatic heterocycles. The maximum Gasteiger partial charge on any atom is 0.390 e. The summed E-state index contributed by atoms with van der Waals surface area (Å²) in [6.45, 7) is 1.49. The molecule has 3 aromatic rings. The van der Waals surface area contributed by atoms with Gasteiger partial charge in [0.15, 0.2) is 5.82 Å². The van der Waals surface area contributed by atoms with Crippen molar-refractivity contribution in [3.8, 4) is 0 Å². The SMILES string of the molecule is Cc1cc([N+](=O)[O-])nn1Cc1noc(C(=O)NCCNC(=O)Cn2cc([N+](=O)[O-])cn2)n1. The maximum absolute atomic E-state index is 12.1. The first-order valence-corrected chi connectivity index (χ1v) is 8.96. The summed E-state index contributed by atoms with van der Waals surface area (Å²) in [7, 11) is 0. The molecule has 0 saturated carbocycles. The van der Waals surface area contributed by atoms with Crippen LogP contribution in [-0.2, 0) is 17.9 Å². The molecule has 0 aliphatic carbocycles. The Balaban J connectivity index is 1.42. The van der Waals surface area contributed by atoms with E-state index in [1.165, 1.54) is 10.7 Å². The zero-order valence-electron chi connectivity index (χ0n) is 16.5. The van der Waals surface area contributed by atoms with Gasteiger partial charge in [-0.25, -0.2) is 0 Å². The fraction of sp³-hybridized carbons (Fsp3) is 0.333. The van der Waals surface area contributed by atoms with E-state index in [1.54, 1.807) is 6.92 Å². The smallest absolute Gasteiger partial charge is 0.358 e. The maximum atomic E-state index is 12.1. The molecule has 0 unspecified atom stereocenters. The Bertz CT molecular complexity index is 1160. The minimum absolute atomic E-state index is 0.0297. The monoisotopic (exact) mass is 448 g/mol. The second-order valence-electron chi connectivity index (χ2n) is 6.33. The molecule has 168 valence electrons. The molecule has 3 heterocycles. The first-order chi connectivity index (χ1) is 15.2. The van der Waals surface area contributed by atoms with Crippen molar-refractivity contribution in [3.05, 3.63) is 56.1 Å². The lowest BCUT2D eigenvalue weighted by molar-refractivity contribution is -0.389. The number of aromatic nitrogens is 6. The van der Waals surface area contributed by atoms with Gasteiger partial charge in [0.1, 0.15) is 25.5 Å². The first-order valence-electron chi connectivity index (χ1n) is 8.96. The van der Waals surface area contributed by atoms with Gasteiger partial charge in [0.2, 0.25) is 5.91 Å². The quantitative estimate of drug-likeness (QED) is 0.222. The Morgan fingerprint density at radius 2 is 1.94 bits per heavy atom. The highest BCUT2D eigenvalue weighted by Crippen LogP contribution is 2.12. The van der Waals surface area contributed by atoms with Crippen LogP contribution < -0.4 is 10.6 Å². The number of hydrogen-bond donors (Lipinski definition) is 2. The number of amides is 2. The van der Waals surface area contributed by atoms with Crippen molar-refractivity contribution in [1.29, 1.82) is 0 Å². The number of nitrogens with zero attached hydrogens (tertiary/aromatic N) is 8. The molecule has 0 bridgehead atoms. The van der Waals surface area contributed by atoms with Crippen molar-refractivity contribution < 1.29 is 24.0 Å². The molecule has 2 N–H and O–H groups in total. The van der Waals surface area contributed by atoms with Gasteiger partial charge >= 0.3 is 23.3 Å². The Hall–Kier alpha value is -4.70. The topological polar surface area (TPSA) is 219 Å². The summed E-state index contributed by atoms with van der Waals surface area (Å²) in [6, 6.07) is 1.29. The lowest BCUT2D eigenvalue weighted by Crippen LogP contribution is -2.36. The third-order valence-electron chi connectivity index (χ3n) is 3.98. The lowest BCUT2D eigenvalue weighted by Gasteiger charge is -2.05. The normalized spacial score (nSPS) is 10.7. The summed E-state index contributed by atoms with van der Waals surface area (Å²) in [5, 5.41) is 37.5. The zero-order chi connectivity index (χ0) is 23.3. The molecule has 17 heteroatoms. The standard InChI is InChI=1S/C15H16N10O7/c1-9-4-12(25(30)31)20-23(9)7-11-19-15(32-21-11)14(27)17-3-2-16-13(26)8-22-6-10(5-18-22)24(28)29/h4-6H,2-3,7-8H2,1H3,(H,16,26)(H,17,27). The molecule has 32 heavy (non-hydrogen) atoms. The molecule has 3 rings (SSSR count). The molecule has 0 aliphatic rings. The summed E-state index contributed by atoms with van der Waals surface area (Å²) in [4.78, 5) is 47.9. The van der Waals surface area contributed by atoms with Crippen LogP contribution in [0.2, 0.25) is 0 Å². The van der Waals surface area contributed by atoms with E-state index in [4.69, 9.17) is 4.52 Å². The van der Waals surface area contributed by atoms with E-state index < -0.39 is 21.7 Å². The summed E-state index contributed by atoms with van der Waals surface area (Å²) >= 11 is 0. The zero-order valence-corrected chi connectivity index (χ0v) is 16.5. The van der Waals surface area contributed by atoms with E-state index in [-0.39, 0.29) is 49.4 Å². The fourth-order valence-electron chi connectivity index (χ4n) is 2.48. The van der Waals surface area contributed by atoms with Crippen LogP contribution in [0.5, 0.6) is 0 Å². The van der Waals surface area contributed by atoms with Crippen LogP contribution in [-0.4, -0.2) is 64.5 Å². The predicted molar refractivity (Wildman–Crippen MR) is 101 cm³/mol. The van der Waals surface area contributed by atoms with Crippen LogP contribution >= 0.6 is 0 Å². The average Bonchev–Trinajstić information content (AvgIpc) is 3.46. The molecule has 0 spiro atoms. The Morgan fingerprint density at radius 3 is 2.59 bits per heavy atom. The number of aryl methyl sites for hydroxylation is 1. The second-order valence-corrected chi connectivity index (χ2v) is 6.33. The van der Waals surface area contributed by atoms with Gasteiger partial charge in [0.25, 0.3) is 0 Å². The molecule has 17 nitrogen and oxygen atoms in total. The van der Waals surface area contributed by atoms with Gasteiger partial charge in [-0.3, -0.25) is 24.4 Å².